The number of benzene rings is 2. The van der Waals surface area contributed by atoms with Crippen LogP contribution >= 0.6 is 0 Å². The van der Waals surface area contributed by atoms with Crippen LogP contribution in [0, 0.1) is 0 Å². The summed E-state index contributed by atoms with van der Waals surface area (Å²) in [4.78, 5) is 15.1. The molecular weight excluding hydrogens is 370 g/mol. The molecule has 8 nitrogen and oxygen atoms in total. The topological polar surface area (TPSA) is 120 Å². The molecule has 0 aliphatic rings. The minimum Gasteiger partial charge on any atom is -0.288 e. The van der Waals surface area contributed by atoms with Crippen LogP contribution in [-0.4, -0.2) is 29.1 Å². The van der Waals surface area contributed by atoms with Crippen molar-refractivity contribution >= 4 is 44.4 Å². The molecule has 1 heterocycles. The minimum atomic E-state index is -4.62. The average Bonchev–Trinajstić information content (AvgIpc) is 2.65. The molecule has 3 rings (SSSR count). The Hall–Kier alpha value is -3.27. The fourth-order valence-electron chi connectivity index (χ4n) is 2.58. The summed E-state index contributed by atoms with van der Waals surface area (Å²) in [5.41, 5.74) is 2.36. The number of hydroxylamine groups is 1. The summed E-state index contributed by atoms with van der Waals surface area (Å²) in [6.45, 7) is 0. The van der Waals surface area contributed by atoms with Crippen molar-refractivity contribution in [3.05, 3.63) is 72.6 Å². The third-order valence-electron chi connectivity index (χ3n) is 3.73. The molecule has 9 heteroatoms. The Labute approximate surface area is 155 Å². The third kappa shape index (κ3) is 4.29. The summed E-state index contributed by atoms with van der Waals surface area (Å²) in [5.74, 6) is -0.728. The first kappa shape index (κ1) is 18.5. The lowest BCUT2D eigenvalue weighted by Gasteiger charge is -2.21. The molecule has 138 valence electrons. The first-order valence-corrected chi connectivity index (χ1v) is 9.12. The summed E-state index contributed by atoms with van der Waals surface area (Å²) in [6, 6.07) is 12.9. The number of hydrogen-bond donors (Lipinski definition) is 3. The maximum absolute atomic E-state index is 12.0. The normalized spacial score (nSPS) is 11.6. The Bertz CT molecular complexity index is 1130. The van der Waals surface area contributed by atoms with E-state index in [-0.39, 0.29) is 11.4 Å². The highest BCUT2D eigenvalue weighted by atomic mass is 32.2. The predicted octanol–water partition coefficient (Wildman–Crippen LogP) is 2.69. The number of rotatable bonds is 5. The van der Waals surface area contributed by atoms with E-state index in [9.17, 15) is 17.8 Å². The van der Waals surface area contributed by atoms with E-state index < -0.39 is 16.2 Å². The fourth-order valence-corrected chi connectivity index (χ4v) is 3.34. The summed E-state index contributed by atoms with van der Waals surface area (Å²) in [6.07, 6.45) is 5.69. The van der Waals surface area contributed by atoms with Crippen LogP contribution in [0.5, 0.6) is 0 Å². The minimum absolute atomic E-state index is 0.173. The smallest absolute Gasteiger partial charge is 0.288 e. The van der Waals surface area contributed by atoms with Crippen molar-refractivity contribution in [3.63, 3.8) is 0 Å². The molecule has 0 atom stereocenters. The maximum Gasteiger partial charge on any atom is 0.364 e. The number of fused-ring (bicyclic) bond motifs is 1. The summed E-state index contributed by atoms with van der Waals surface area (Å²) in [7, 11) is -4.62. The first-order valence-electron chi connectivity index (χ1n) is 7.72. The van der Waals surface area contributed by atoms with E-state index in [1.165, 1.54) is 23.7 Å². The number of nitrogens with zero attached hydrogens (tertiary/aromatic N) is 2. The van der Waals surface area contributed by atoms with E-state index >= 15 is 0 Å². The largest absolute Gasteiger partial charge is 0.364 e. The highest BCUT2D eigenvalue weighted by Gasteiger charge is 2.22. The highest BCUT2D eigenvalue weighted by Crippen LogP contribution is 2.31. The van der Waals surface area contributed by atoms with Crippen LogP contribution in [0.4, 0.5) is 11.4 Å². The predicted molar refractivity (Wildman–Crippen MR) is 101 cm³/mol. The molecule has 0 aliphatic heterocycles. The van der Waals surface area contributed by atoms with Crippen molar-refractivity contribution in [2.24, 2.45) is 0 Å². The van der Waals surface area contributed by atoms with Gasteiger partial charge in [0.1, 0.15) is 0 Å². The van der Waals surface area contributed by atoms with E-state index in [1.807, 2.05) is 0 Å². The number of aromatic nitrogens is 1. The lowest BCUT2D eigenvalue weighted by molar-refractivity contribution is -0.124. The van der Waals surface area contributed by atoms with Crippen molar-refractivity contribution in [3.8, 4) is 0 Å². The van der Waals surface area contributed by atoms with E-state index in [4.69, 9.17) is 5.21 Å². The Kier molecular flexibility index (Phi) is 5.17. The zero-order valence-electron chi connectivity index (χ0n) is 13.9. The van der Waals surface area contributed by atoms with Gasteiger partial charge in [0.05, 0.1) is 11.4 Å². The molecule has 1 amide bonds. The number of amides is 1. The quantitative estimate of drug-likeness (QED) is 0.269. The van der Waals surface area contributed by atoms with Gasteiger partial charge < -0.3 is 0 Å². The second kappa shape index (κ2) is 7.54. The zero-order chi connectivity index (χ0) is 19.4. The molecule has 3 N–H and O–H groups in total. The molecule has 0 spiro atoms. The molecule has 1 aromatic heterocycles. The van der Waals surface area contributed by atoms with Gasteiger partial charge in [0.25, 0.3) is 5.91 Å². The Morgan fingerprint density at radius 3 is 2.59 bits per heavy atom. The van der Waals surface area contributed by atoms with Gasteiger partial charge in [0.15, 0.2) is 0 Å². The van der Waals surface area contributed by atoms with E-state index in [2.05, 4.69) is 4.98 Å². The third-order valence-corrected chi connectivity index (χ3v) is 4.61. The highest BCUT2D eigenvalue weighted by molar-refractivity contribution is 7.87. The van der Waals surface area contributed by atoms with Gasteiger partial charge in [-0.2, -0.15) is 8.42 Å². The van der Waals surface area contributed by atoms with Crippen LogP contribution in [-0.2, 0) is 15.1 Å². The number of carbonyl (C=O) groups excluding carboxylic acids is 1. The van der Waals surface area contributed by atoms with Gasteiger partial charge in [0.2, 0.25) is 0 Å². The lowest BCUT2D eigenvalue weighted by Crippen LogP contribution is -2.25. The number of pyridine rings is 1. The SMILES string of the molecule is O=C(/C=C/c1cccc(N(c2ccc3ccncc3c2)S(=O)(=O)O)c1)NO. The molecule has 0 saturated heterocycles. The van der Waals surface area contributed by atoms with Crippen molar-refractivity contribution in [1.82, 2.24) is 10.5 Å². The fraction of sp³-hybridized carbons (Fsp3) is 0. The van der Waals surface area contributed by atoms with Gasteiger partial charge >= 0.3 is 10.3 Å². The van der Waals surface area contributed by atoms with Crippen LogP contribution in [0.15, 0.2) is 67.0 Å². The molecule has 0 unspecified atom stereocenters. The van der Waals surface area contributed by atoms with Crippen molar-refractivity contribution in [1.29, 1.82) is 0 Å². The van der Waals surface area contributed by atoms with E-state index in [1.54, 1.807) is 48.8 Å². The second-order valence-electron chi connectivity index (χ2n) is 5.55. The summed E-state index contributed by atoms with van der Waals surface area (Å²) in [5, 5.41) is 10.1. The Morgan fingerprint density at radius 1 is 1.07 bits per heavy atom. The molecule has 0 saturated carbocycles. The van der Waals surface area contributed by atoms with Crippen molar-refractivity contribution in [2.45, 2.75) is 0 Å². The number of anilines is 2. The Balaban J connectivity index is 2.08. The molecule has 0 fully saturated rings. The van der Waals surface area contributed by atoms with E-state index in [0.29, 0.717) is 10.9 Å². The van der Waals surface area contributed by atoms with E-state index in [0.717, 1.165) is 15.8 Å². The second-order valence-corrected chi connectivity index (χ2v) is 6.81. The van der Waals surface area contributed by atoms with Gasteiger partial charge in [-0.15, -0.1) is 0 Å². The van der Waals surface area contributed by atoms with Gasteiger partial charge in [-0.05, 0) is 47.4 Å². The zero-order valence-corrected chi connectivity index (χ0v) is 14.7. The van der Waals surface area contributed by atoms with Gasteiger partial charge in [-0.3, -0.25) is 19.5 Å². The summed E-state index contributed by atoms with van der Waals surface area (Å²) < 4.78 is 34.6. The lowest BCUT2D eigenvalue weighted by atomic mass is 10.1. The monoisotopic (exact) mass is 385 g/mol. The standard InChI is InChI=1S/C18H15N3O5S/c22-18(20-23)7-4-13-2-1-3-16(10-13)21(27(24,25)26)17-6-5-14-8-9-19-12-15(14)11-17/h1-12,23H,(H,20,22)(H,24,25,26)/b7-4+. The van der Waals surface area contributed by atoms with Crippen LogP contribution in [0.1, 0.15) is 5.56 Å². The van der Waals surface area contributed by atoms with Crippen LogP contribution in [0.2, 0.25) is 0 Å². The number of hydrogen-bond acceptors (Lipinski definition) is 5. The molecule has 3 aromatic rings. The molecule has 0 bridgehead atoms. The number of nitrogens with one attached hydrogen (secondary N) is 1. The van der Waals surface area contributed by atoms with Crippen LogP contribution < -0.4 is 9.79 Å². The van der Waals surface area contributed by atoms with Gasteiger partial charge in [-0.25, -0.2) is 9.79 Å². The average molecular weight is 385 g/mol. The Morgan fingerprint density at radius 2 is 1.85 bits per heavy atom. The van der Waals surface area contributed by atoms with Crippen molar-refractivity contribution < 1.29 is 23.0 Å². The molecule has 27 heavy (non-hydrogen) atoms. The molecular formula is C18H15N3O5S. The maximum atomic E-state index is 12.0. The van der Waals surface area contributed by atoms with Crippen molar-refractivity contribution in [2.75, 3.05) is 4.31 Å². The number of carbonyl (C=O) groups is 1. The van der Waals surface area contributed by atoms with Crippen LogP contribution in [0.3, 0.4) is 0 Å². The summed E-state index contributed by atoms with van der Waals surface area (Å²) >= 11 is 0. The van der Waals surface area contributed by atoms with Gasteiger partial charge in [0, 0.05) is 23.9 Å². The van der Waals surface area contributed by atoms with Crippen LogP contribution in [0.25, 0.3) is 16.8 Å². The molecule has 0 radical (unpaired) electrons. The molecule has 2 aromatic carbocycles. The first-order chi connectivity index (χ1) is 12.9. The van der Waals surface area contributed by atoms with Gasteiger partial charge in [-0.1, -0.05) is 18.2 Å². The molecule has 0 aliphatic carbocycles.